The summed E-state index contributed by atoms with van der Waals surface area (Å²) in [6.07, 6.45) is 3.96. The first-order valence-corrected chi connectivity index (χ1v) is 8.53. The average Bonchev–Trinajstić information content (AvgIpc) is 2.08. The number of unbranched alkanes of at least 4 members (excludes halogenated alkanes) is 3. The molecule has 0 amide bonds. The maximum atomic E-state index is 10.6. The Morgan fingerprint density at radius 3 is 1.43 bits per heavy atom. The fraction of sp³-hybridized carbons (Fsp3) is 1.00. The van der Waals surface area contributed by atoms with Crippen LogP contribution in [0.3, 0.4) is 0 Å². The molecule has 86 valence electrons. The Kier molecular flexibility index (Phi) is 10.2. The van der Waals surface area contributed by atoms with E-state index in [-0.39, 0.29) is 0 Å². The highest BCUT2D eigenvalue weighted by Gasteiger charge is 1.94. The second-order valence-corrected chi connectivity index (χ2v) is 5.64. The Morgan fingerprint density at radius 2 is 1.14 bits per heavy atom. The monoisotopic (exact) mass is 242 g/mol. The van der Waals surface area contributed by atoms with E-state index in [2.05, 4.69) is 0 Å². The molecule has 0 aliphatic heterocycles. The topological polar surface area (TPSA) is 52.6 Å². The summed E-state index contributed by atoms with van der Waals surface area (Å²) in [7, 11) is -3.51. The Bertz CT molecular complexity index is 164. The quantitative estimate of drug-likeness (QED) is 0.461. The first-order valence-electron chi connectivity index (χ1n) is 4.89. The second kappa shape index (κ2) is 9.92. The molecule has 0 radical (unpaired) electrons. The first-order chi connectivity index (χ1) is 6.63. The number of rotatable bonds is 9. The third kappa shape index (κ3) is 12.4. The van der Waals surface area contributed by atoms with Gasteiger partial charge in [-0.15, -0.1) is 0 Å². The van der Waals surface area contributed by atoms with Crippen molar-refractivity contribution in [1.29, 1.82) is 0 Å². The van der Waals surface area contributed by atoms with Gasteiger partial charge in [-0.3, -0.25) is 9.13 Å². The molecule has 0 bridgehead atoms. The highest BCUT2D eigenvalue weighted by atomic mass is 31.1. The SMILES string of the molecule is C[PH](=O)OCCCCCCO[PH](C)=O. The molecule has 0 saturated carbocycles. The van der Waals surface area contributed by atoms with Gasteiger partial charge in [0.25, 0.3) is 0 Å². The van der Waals surface area contributed by atoms with Gasteiger partial charge in [0.05, 0.1) is 13.2 Å². The van der Waals surface area contributed by atoms with Gasteiger partial charge in [-0.1, -0.05) is 12.8 Å². The summed E-state index contributed by atoms with van der Waals surface area (Å²) >= 11 is 0. The maximum absolute atomic E-state index is 10.6. The van der Waals surface area contributed by atoms with Crippen molar-refractivity contribution in [3.63, 3.8) is 0 Å². The van der Waals surface area contributed by atoms with E-state index >= 15 is 0 Å². The van der Waals surface area contributed by atoms with Gasteiger partial charge in [-0.2, -0.15) is 0 Å². The molecule has 2 unspecified atom stereocenters. The highest BCUT2D eigenvalue weighted by Crippen LogP contribution is 2.17. The van der Waals surface area contributed by atoms with E-state index in [1.165, 1.54) is 0 Å². The molecular formula is C8H20O4P2. The van der Waals surface area contributed by atoms with Crippen molar-refractivity contribution in [2.45, 2.75) is 25.7 Å². The fourth-order valence-electron chi connectivity index (χ4n) is 0.989. The van der Waals surface area contributed by atoms with Gasteiger partial charge >= 0.3 is 0 Å². The molecule has 0 spiro atoms. The van der Waals surface area contributed by atoms with Crippen molar-refractivity contribution < 1.29 is 18.2 Å². The summed E-state index contributed by atoms with van der Waals surface area (Å²) < 4.78 is 31.0. The molecule has 4 nitrogen and oxygen atoms in total. The lowest BCUT2D eigenvalue weighted by molar-refractivity contribution is 0.301. The minimum Gasteiger partial charge on any atom is -0.331 e. The van der Waals surface area contributed by atoms with Gasteiger partial charge in [0, 0.05) is 13.3 Å². The zero-order valence-corrected chi connectivity index (χ0v) is 10.9. The van der Waals surface area contributed by atoms with Crippen LogP contribution in [0.5, 0.6) is 0 Å². The van der Waals surface area contributed by atoms with Gasteiger partial charge in [0.1, 0.15) is 0 Å². The van der Waals surface area contributed by atoms with Crippen LogP contribution in [-0.4, -0.2) is 26.5 Å². The van der Waals surface area contributed by atoms with E-state index in [1.54, 1.807) is 13.3 Å². The summed E-state index contributed by atoms with van der Waals surface area (Å²) in [6.45, 7) is 4.36. The molecule has 0 aromatic heterocycles. The normalized spacial score (nSPS) is 15.3. The molecule has 0 aromatic carbocycles. The lowest BCUT2D eigenvalue weighted by Gasteiger charge is -2.02. The molecule has 6 heteroatoms. The van der Waals surface area contributed by atoms with Crippen LogP contribution in [0, 0.1) is 0 Å². The Morgan fingerprint density at radius 1 is 0.786 bits per heavy atom. The average molecular weight is 242 g/mol. The molecule has 14 heavy (non-hydrogen) atoms. The minimum absolute atomic E-state index is 0.583. The first kappa shape index (κ1) is 14.4. The van der Waals surface area contributed by atoms with Crippen molar-refractivity contribution in [3.05, 3.63) is 0 Å². The Labute approximate surface area is 87.1 Å². The predicted molar refractivity (Wildman–Crippen MR) is 60.2 cm³/mol. The number of hydrogen-bond acceptors (Lipinski definition) is 4. The van der Waals surface area contributed by atoms with E-state index < -0.39 is 16.1 Å². The van der Waals surface area contributed by atoms with Gasteiger partial charge in [-0.05, 0) is 12.8 Å². The van der Waals surface area contributed by atoms with E-state index in [4.69, 9.17) is 9.05 Å². The molecule has 2 atom stereocenters. The molecule has 0 aromatic rings. The van der Waals surface area contributed by atoms with Gasteiger partial charge in [0.2, 0.25) is 0 Å². The van der Waals surface area contributed by atoms with Gasteiger partial charge in [-0.25, -0.2) is 0 Å². The summed E-state index contributed by atoms with van der Waals surface area (Å²) in [5, 5.41) is 0. The summed E-state index contributed by atoms with van der Waals surface area (Å²) in [4.78, 5) is 0. The Hall–Kier alpha value is 0.380. The van der Waals surface area contributed by atoms with Crippen molar-refractivity contribution in [2.75, 3.05) is 26.5 Å². The van der Waals surface area contributed by atoms with Crippen LogP contribution in [0.4, 0.5) is 0 Å². The van der Waals surface area contributed by atoms with E-state index in [0.717, 1.165) is 25.7 Å². The summed E-state index contributed by atoms with van der Waals surface area (Å²) in [5.41, 5.74) is 0. The molecule has 0 aliphatic carbocycles. The summed E-state index contributed by atoms with van der Waals surface area (Å²) in [5.74, 6) is 0. The molecular weight excluding hydrogens is 222 g/mol. The Balaban J connectivity index is 2.99. The third-order valence-electron chi connectivity index (χ3n) is 1.65. The number of hydrogen-bond donors (Lipinski definition) is 0. The maximum Gasteiger partial charge on any atom is 0.188 e. The van der Waals surface area contributed by atoms with Crippen LogP contribution in [-0.2, 0) is 18.2 Å². The van der Waals surface area contributed by atoms with Crippen molar-refractivity contribution in [3.8, 4) is 0 Å². The minimum atomic E-state index is -1.75. The van der Waals surface area contributed by atoms with Crippen LogP contribution in [0.2, 0.25) is 0 Å². The third-order valence-corrected chi connectivity index (χ3v) is 2.87. The van der Waals surface area contributed by atoms with Crippen LogP contribution in [0.25, 0.3) is 0 Å². The van der Waals surface area contributed by atoms with E-state index in [0.29, 0.717) is 13.2 Å². The predicted octanol–water partition coefficient (Wildman–Crippen LogP) is 2.79. The van der Waals surface area contributed by atoms with Crippen LogP contribution >= 0.6 is 16.1 Å². The highest BCUT2D eigenvalue weighted by molar-refractivity contribution is 7.38. The van der Waals surface area contributed by atoms with Crippen LogP contribution in [0.15, 0.2) is 0 Å². The molecule has 0 fully saturated rings. The molecule has 0 heterocycles. The largest absolute Gasteiger partial charge is 0.331 e. The van der Waals surface area contributed by atoms with Crippen molar-refractivity contribution in [2.24, 2.45) is 0 Å². The lowest BCUT2D eigenvalue weighted by Crippen LogP contribution is -1.90. The van der Waals surface area contributed by atoms with Crippen molar-refractivity contribution >= 4 is 16.1 Å². The summed E-state index contributed by atoms with van der Waals surface area (Å²) in [6, 6.07) is 0. The molecule has 0 saturated heterocycles. The van der Waals surface area contributed by atoms with Gasteiger partial charge < -0.3 is 9.05 Å². The fourth-order valence-corrected chi connectivity index (χ4v) is 1.85. The second-order valence-electron chi connectivity index (χ2n) is 3.09. The van der Waals surface area contributed by atoms with Crippen molar-refractivity contribution in [1.82, 2.24) is 0 Å². The van der Waals surface area contributed by atoms with Crippen LogP contribution < -0.4 is 0 Å². The molecule has 0 aliphatic rings. The smallest absolute Gasteiger partial charge is 0.188 e. The zero-order valence-electron chi connectivity index (χ0n) is 8.88. The van der Waals surface area contributed by atoms with E-state index in [1.807, 2.05) is 0 Å². The standard InChI is InChI=1S/C8H20O4P2/c1-13(9)11-7-5-3-4-6-8-12-14(2)10/h13-14H,3-8H2,1-2H3. The van der Waals surface area contributed by atoms with Gasteiger partial charge in [0.15, 0.2) is 16.1 Å². The molecule has 0 rings (SSSR count). The zero-order chi connectivity index (χ0) is 10.8. The molecule has 0 N–H and O–H groups in total. The van der Waals surface area contributed by atoms with Crippen LogP contribution in [0.1, 0.15) is 25.7 Å². The van der Waals surface area contributed by atoms with E-state index in [9.17, 15) is 9.13 Å². The lowest BCUT2D eigenvalue weighted by atomic mass is 10.2.